The van der Waals surface area contributed by atoms with Gasteiger partial charge in [0, 0.05) is 12.0 Å². The number of carbonyl (C=O) groups excluding carboxylic acids is 1. The largest absolute Gasteiger partial charge is 0.298 e. The lowest BCUT2D eigenvalue weighted by Gasteiger charge is -2.26. The predicted octanol–water partition coefficient (Wildman–Crippen LogP) is 2.32. The average molecular weight is 231 g/mol. The number of hydrogen-bond acceptors (Lipinski definition) is 2. The number of rotatable bonds is 0. The van der Waals surface area contributed by atoms with Gasteiger partial charge in [0.25, 0.3) is 5.56 Å². The van der Waals surface area contributed by atoms with Crippen LogP contribution in [0.2, 0.25) is 0 Å². The number of ketones is 1. The molecule has 0 saturated heterocycles. The molecule has 0 amide bonds. The van der Waals surface area contributed by atoms with Crippen LogP contribution >= 0.6 is 0 Å². The molecule has 0 bridgehead atoms. The lowest BCUT2D eigenvalue weighted by atomic mass is 9.94. The zero-order valence-corrected chi connectivity index (χ0v) is 10.4. The summed E-state index contributed by atoms with van der Waals surface area (Å²) in [6.45, 7) is 3.78. The lowest BCUT2D eigenvalue weighted by Crippen LogP contribution is -2.37. The molecule has 3 nitrogen and oxygen atoms in total. The lowest BCUT2D eigenvalue weighted by molar-refractivity contribution is 0.0970. The average Bonchev–Trinajstić information content (AvgIpc) is 2.82. The Morgan fingerprint density at radius 3 is 2.41 bits per heavy atom. The summed E-state index contributed by atoms with van der Waals surface area (Å²) < 4.78 is 1.83. The standard InChI is InChI=1S/C14H17NO2/c1-9-7-10(2)13(17)15-12(9)11(16)8-14(15)5-3-4-6-14/h7H,3-6,8H2,1-2H3. The summed E-state index contributed by atoms with van der Waals surface area (Å²) in [6.07, 6.45) is 4.76. The minimum atomic E-state index is -0.180. The third-order valence-electron chi connectivity index (χ3n) is 4.33. The van der Waals surface area contributed by atoms with Crippen molar-refractivity contribution in [2.75, 3.05) is 0 Å². The van der Waals surface area contributed by atoms with Gasteiger partial charge in [-0.2, -0.15) is 0 Å². The molecule has 0 aromatic carbocycles. The van der Waals surface area contributed by atoms with E-state index in [9.17, 15) is 9.59 Å². The fourth-order valence-electron chi connectivity index (χ4n) is 3.60. The van der Waals surface area contributed by atoms with Crippen molar-refractivity contribution in [2.24, 2.45) is 0 Å². The number of pyridine rings is 1. The first-order valence-corrected chi connectivity index (χ1v) is 6.32. The van der Waals surface area contributed by atoms with Gasteiger partial charge in [-0.1, -0.05) is 12.8 Å². The summed E-state index contributed by atoms with van der Waals surface area (Å²) in [4.78, 5) is 24.5. The fraction of sp³-hybridized carbons (Fsp3) is 0.571. The third kappa shape index (κ3) is 1.28. The topological polar surface area (TPSA) is 39.1 Å². The number of aryl methyl sites for hydroxylation is 2. The first-order chi connectivity index (χ1) is 8.05. The van der Waals surface area contributed by atoms with E-state index in [0.717, 1.165) is 36.8 Å². The van der Waals surface area contributed by atoms with Gasteiger partial charge in [-0.15, -0.1) is 0 Å². The van der Waals surface area contributed by atoms with Crippen LogP contribution in [0.1, 0.15) is 53.7 Å². The molecule has 17 heavy (non-hydrogen) atoms. The molecule has 90 valence electrons. The number of carbonyl (C=O) groups is 1. The fourth-order valence-corrected chi connectivity index (χ4v) is 3.60. The maximum Gasteiger partial charge on any atom is 0.254 e. The molecular weight excluding hydrogens is 214 g/mol. The molecule has 1 fully saturated rings. The minimum Gasteiger partial charge on any atom is -0.298 e. The SMILES string of the molecule is Cc1cc(C)c(=O)n2c1C(=O)CC21CCCC1. The predicted molar refractivity (Wildman–Crippen MR) is 65.6 cm³/mol. The van der Waals surface area contributed by atoms with Gasteiger partial charge in [-0.05, 0) is 38.3 Å². The Bertz CT molecular complexity index is 562. The van der Waals surface area contributed by atoms with Gasteiger partial charge < -0.3 is 0 Å². The molecule has 1 saturated carbocycles. The van der Waals surface area contributed by atoms with E-state index in [-0.39, 0.29) is 16.9 Å². The second-order valence-corrected chi connectivity index (χ2v) is 5.53. The van der Waals surface area contributed by atoms with Crippen molar-refractivity contribution in [1.82, 2.24) is 4.57 Å². The molecule has 1 spiro atoms. The molecule has 1 aliphatic carbocycles. The van der Waals surface area contributed by atoms with Crippen molar-refractivity contribution < 1.29 is 4.79 Å². The van der Waals surface area contributed by atoms with E-state index in [1.54, 1.807) is 0 Å². The highest BCUT2D eigenvalue weighted by molar-refractivity contribution is 5.98. The maximum absolute atomic E-state index is 12.3. The van der Waals surface area contributed by atoms with E-state index in [2.05, 4.69) is 0 Å². The molecule has 0 unspecified atom stereocenters. The van der Waals surface area contributed by atoms with Gasteiger partial charge in [0.15, 0.2) is 5.78 Å². The zero-order chi connectivity index (χ0) is 12.2. The van der Waals surface area contributed by atoms with E-state index in [1.807, 2.05) is 24.5 Å². The number of nitrogens with zero attached hydrogens (tertiary/aromatic N) is 1. The van der Waals surface area contributed by atoms with Gasteiger partial charge in [0.05, 0.1) is 11.2 Å². The van der Waals surface area contributed by atoms with Crippen LogP contribution in [-0.4, -0.2) is 10.4 Å². The first-order valence-electron chi connectivity index (χ1n) is 6.32. The normalized spacial score (nSPS) is 21.2. The zero-order valence-electron chi connectivity index (χ0n) is 10.4. The molecule has 1 aromatic rings. The van der Waals surface area contributed by atoms with Crippen LogP contribution in [0.15, 0.2) is 10.9 Å². The summed E-state index contributed by atoms with van der Waals surface area (Å²) in [7, 11) is 0. The Morgan fingerprint density at radius 2 is 1.76 bits per heavy atom. The van der Waals surface area contributed by atoms with Crippen LogP contribution in [0.3, 0.4) is 0 Å². The van der Waals surface area contributed by atoms with E-state index in [1.165, 1.54) is 0 Å². The molecular formula is C14H17NO2. The summed E-state index contributed by atoms with van der Waals surface area (Å²) in [5, 5.41) is 0. The third-order valence-corrected chi connectivity index (χ3v) is 4.33. The van der Waals surface area contributed by atoms with Crippen molar-refractivity contribution in [1.29, 1.82) is 0 Å². The molecule has 3 heteroatoms. The molecule has 0 radical (unpaired) electrons. The van der Waals surface area contributed by atoms with Gasteiger partial charge in [-0.25, -0.2) is 0 Å². The summed E-state index contributed by atoms with van der Waals surface area (Å²) in [5.41, 5.74) is 2.24. The quantitative estimate of drug-likeness (QED) is 0.687. The Labute approximate surface area is 100 Å². The highest BCUT2D eigenvalue weighted by Gasteiger charge is 2.46. The monoisotopic (exact) mass is 231 g/mol. The first kappa shape index (κ1) is 10.8. The van der Waals surface area contributed by atoms with Crippen molar-refractivity contribution in [3.8, 4) is 0 Å². The van der Waals surface area contributed by atoms with Crippen LogP contribution < -0.4 is 5.56 Å². The molecule has 3 rings (SSSR count). The van der Waals surface area contributed by atoms with E-state index < -0.39 is 0 Å². The van der Waals surface area contributed by atoms with Crippen molar-refractivity contribution >= 4 is 5.78 Å². The Balaban J connectivity index is 2.36. The van der Waals surface area contributed by atoms with Gasteiger partial charge >= 0.3 is 0 Å². The number of hydrogen-bond donors (Lipinski definition) is 0. The second kappa shape index (κ2) is 3.31. The van der Waals surface area contributed by atoms with Crippen LogP contribution in [0, 0.1) is 13.8 Å². The Morgan fingerprint density at radius 1 is 1.12 bits per heavy atom. The molecule has 1 aliphatic heterocycles. The number of fused-ring (bicyclic) bond motifs is 2. The Hall–Kier alpha value is -1.38. The van der Waals surface area contributed by atoms with Crippen molar-refractivity contribution in [3.63, 3.8) is 0 Å². The molecule has 2 aliphatic rings. The van der Waals surface area contributed by atoms with Crippen LogP contribution in [0.4, 0.5) is 0 Å². The van der Waals surface area contributed by atoms with Crippen LogP contribution in [-0.2, 0) is 5.54 Å². The summed E-state index contributed by atoms with van der Waals surface area (Å²) >= 11 is 0. The van der Waals surface area contributed by atoms with Crippen LogP contribution in [0.25, 0.3) is 0 Å². The van der Waals surface area contributed by atoms with E-state index in [0.29, 0.717) is 12.1 Å². The van der Waals surface area contributed by atoms with Gasteiger partial charge in [0.1, 0.15) is 0 Å². The van der Waals surface area contributed by atoms with Crippen molar-refractivity contribution in [3.05, 3.63) is 33.2 Å². The summed E-state index contributed by atoms with van der Waals surface area (Å²) in [6, 6.07) is 1.85. The Kier molecular flexibility index (Phi) is 2.09. The molecule has 0 N–H and O–H groups in total. The molecule has 2 heterocycles. The van der Waals surface area contributed by atoms with Gasteiger partial charge in [-0.3, -0.25) is 14.2 Å². The number of aromatic nitrogens is 1. The second-order valence-electron chi connectivity index (χ2n) is 5.53. The van der Waals surface area contributed by atoms with E-state index >= 15 is 0 Å². The highest BCUT2D eigenvalue weighted by Crippen LogP contribution is 2.44. The minimum absolute atomic E-state index is 0.0401. The smallest absolute Gasteiger partial charge is 0.254 e. The highest BCUT2D eigenvalue weighted by atomic mass is 16.1. The number of Topliss-reactive ketones (excluding diaryl/α,β-unsaturated/α-hetero) is 1. The molecule has 0 atom stereocenters. The van der Waals surface area contributed by atoms with Gasteiger partial charge in [0.2, 0.25) is 0 Å². The van der Waals surface area contributed by atoms with E-state index in [4.69, 9.17) is 0 Å². The van der Waals surface area contributed by atoms with Crippen molar-refractivity contribution in [2.45, 2.75) is 51.5 Å². The van der Waals surface area contributed by atoms with Crippen LogP contribution in [0.5, 0.6) is 0 Å². The molecule has 1 aromatic heterocycles. The summed E-state index contributed by atoms with van der Waals surface area (Å²) in [5.74, 6) is 0.154. The maximum atomic E-state index is 12.3.